The number of rotatable bonds is 7. The van der Waals surface area contributed by atoms with E-state index in [1.165, 1.54) is 18.2 Å². The molecule has 28 heavy (non-hydrogen) atoms. The summed E-state index contributed by atoms with van der Waals surface area (Å²) in [6, 6.07) is 7.93. The lowest BCUT2D eigenvalue weighted by Gasteiger charge is -2.09. The van der Waals surface area contributed by atoms with E-state index in [0.717, 1.165) is 24.3 Å². The van der Waals surface area contributed by atoms with Crippen LogP contribution in [-0.4, -0.2) is 35.3 Å². The lowest BCUT2D eigenvalue weighted by Crippen LogP contribution is -2.13. The molecule has 0 aliphatic carbocycles. The second-order valence-electron chi connectivity index (χ2n) is 5.26. The fourth-order valence-electron chi connectivity index (χ4n) is 2.02. The number of ketones is 1. The van der Waals surface area contributed by atoms with Crippen LogP contribution in [0.1, 0.15) is 10.4 Å². The zero-order chi connectivity index (χ0) is 21.1. The number of aliphatic hydroxyl groups is 1. The van der Waals surface area contributed by atoms with E-state index < -0.39 is 43.0 Å². The minimum absolute atomic E-state index is 0.0633. The maximum atomic E-state index is 12.4. The standard InChI is InChI=1S/C16H11ClN2O8S/c17-12-5-4-11(7-13(12)19(24)25)28(26,27)18-10-3-1-2-9(6-10)14(20)8-15(21)16(22)23/h1-8,18,21H,(H,22,23). The average Bonchev–Trinajstić information content (AvgIpc) is 2.61. The molecule has 0 atom stereocenters. The van der Waals surface area contributed by atoms with Crippen LogP contribution < -0.4 is 4.72 Å². The topological polar surface area (TPSA) is 164 Å². The summed E-state index contributed by atoms with van der Waals surface area (Å²) in [5.74, 6) is -3.75. The van der Waals surface area contributed by atoms with Crippen LogP contribution in [0.4, 0.5) is 11.4 Å². The Kier molecular flexibility index (Phi) is 6.01. The zero-order valence-corrected chi connectivity index (χ0v) is 15.3. The summed E-state index contributed by atoms with van der Waals surface area (Å²) in [5.41, 5.74) is -0.760. The van der Waals surface area contributed by atoms with Crippen molar-refractivity contribution in [1.82, 2.24) is 0 Å². The number of sulfonamides is 1. The smallest absolute Gasteiger partial charge is 0.371 e. The predicted octanol–water partition coefficient (Wildman–Crippen LogP) is 2.76. The van der Waals surface area contributed by atoms with Crippen LogP contribution in [0, 0.1) is 10.1 Å². The largest absolute Gasteiger partial charge is 0.502 e. The van der Waals surface area contributed by atoms with Crippen LogP contribution >= 0.6 is 11.6 Å². The Bertz CT molecular complexity index is 1110. The summed E-state index contributed by atoms with van der Waals surface area (Å²) in [4.78, 5) is 32.2. The molecule has 2 rings (SSSR count). The summed E-state index contributed by atoms with van der Waals surface area (Å²) >= 11 is 5.66. The number of carboxylic acids is 1. The molecule has 0 unspecified atom stereocenters. The maximum Gasteiger partial charge on any atom is 0.371 e. The number of carbonyl (C=O) groups is 2. The fourth-order valence-corrected chi connectivity index (χ4v) is 3.27. The molecule has 0 amide bonds. The molecule has 0 fully saturated rings. The van der Waals surface area contributed by atoms with Gasteiger partial charge in [-0.3, -0.25) is 19.6 Å². The van der Waals surface area contributed by atoms with Gasteiger partial charge < -0.3 is 10.2 Å². The molecule has 0 saturated heterocycles. The van der Waals surface area contributed by atoms with Crippen molar-refractivity contribution in [2.45, 2.75) is 4.90 Å². The van der Waals surface area contributed by atoms with Gasteiger partial charge in [-0.05, 0) is 24.3 Å². The van der Waals surface area contributed by atoms with Crippen LogP contribution in [0.3, 0.4) is 0 Å². The Hall–Kier alpha value is -3.44. The van der Waals surface area contributed by atoms with Crippen molar-refractivity contribution in [3.63, 3.8) is 0 Å². The first kappa shape index (κ1) is 20.9. The van der Waals surface area contributed by atoms with Crippen molar-refractivity contribution in [2.75, 3.05) is 4.72 Å². The molecule has 0 heterocycles. The minimum Gasteiger partial charge on any atom is -0.502 e. The highest BCUT2D eigenvalue weighted by molar-refractivity contribution is 7.92. The van der Waals surface area contributed by atoms with Crippen LogP contribution in [0.2, 0.25) is 5.02 Å². The van der Waals surface area contributed by atoms with Gasteiger partial charge in [0, 0.05) is 23.4 Å². The van der Waals surface area contributed by atoms with E-state index in [-0.39, 0.29) is 16.3 Å². The third kappa shape index (κ3) is 4.84. The van der Waals surface area contributed by atoms with Crippen LogP contribution in [0.5, 0.6) is 0 Å². The number of nitrogens with zero attached hydrogens (tertiary/aromatic N) is 1. The molecule has 12 heteroatoms. The first-order chi connectivity index (χ1) is 13.0. The monoisotopic (exact) mass is 426 g/mol. The van der Waals surface area contributed by atoms with Gasteiger partial charge in [-0.1, -0.05) is 23.7 Å². The molecule has 0 aliphatic rings. The van der Waals surface area contributed by atoms with Gasteiger partial charge in [0.2, 0.25) is 5.76 Å². The second-order valence-corrected chi connectivity index (χ2v) is 7.35. The molecule has 0 bridgehead atoms. The molecule has 0 aromatic heterocycles. The SMILES string of the molecule is O=C(O)C(O)=CC(=O)c1cccc(NS(=O)(=O)c2ccc(Cl)c([N+](=O)[O-])c2)c1. The lowest BCUT2D eigenvalue weighted by molar-refractivity contribution is -0.384. The van der Waals surface area contributed by atoms with Gasteiger partial charge >= 0.3 is 5.97 Å². The van der Waals surface area contributed by atoms with Crippen molar-refractivity contribution < 1.29 is 33.1 Å². The highest BCUT2D eigenvalue weighted by Gasteiger charge is 2.21. The number of carbonyl (C=O) groups excluding carboxylic acids is 1. The molecule has 146 valence electrons. The summed E-state index contributed by atoms with van der Waals surface area (Å²) in [5, 5.41) is 28.4. The predicted molar refractivity (Wildman–Crippen MR) is 98.0 cm³/mol. The molecule has 0 spiro atoms. The molecule has 2 aromatic carbocycles. The Morgan fingerprint density at radius 1 is 1.14 bits per heavy atom. The number of hydrogen-bond acceptors (Lipinski definition) is 7. The van der Waals surface area contributed by atoms with Gasteiger partial charge in [0.15, 0.2) is 5.78 Å². The molecule has 0 saturated carbocycles. The van der Waals surface area contributed by atoms with E-state index in [4.69, 9.17) is 21.8 Å². The number of aliphatic hydroxyl groups excluding tert-OH is 1. The van der Waals surface area contributed by atoms with E-state index in [1.54, 1.807) is 0 Å². The number of benzene rings is 2. The lowest BCUT2D eigenvalue weighted by atomic mass is 10.1. The summed E-state index contributed by atoms with van der Waals surface area (Å²) in [7, 11) is -4.25. The highest BCUT2D eigenvalue weighted by atomic mass is 35.5. The van der Waals surface area contributed by atoms with Gasteiger partial charge in [-0.2, -0.15) is 0 Å². The average molecular weight is 427 g/mol. The van der Waals surface area contributed by atoms with Crippen LogP contribution in [0.25, 0.3) is 0 Å². The summed E-state index contributed by atoms with van der Waals surface area (Å²) < 4.78 is 27.0. The molecule has 10 nitrogen and oxygen atoms in total. The van der Waals surface area contributed by atoms with Crippen molar-refractivity contribution >= 4 is 44.8 Å². The molecule has 3 N–H and O–H groups in total. The van der Waals surface area contributed by atoms with E-state index >= 15 is 0 Å². The van der Waals surface area contributed by atoms with Crippen molar-refractivity contribution in [3.05, 3.63) is 75.0 Å². The molecular weight excluding hydrogens is 416 g/mol. The third-order valence-electron chi connectivity index (χ3n) is 3.31. The van der Waals surface area contributed by atoms with Gasteiger partial charge in [-0.15, -0.1) is 0 Å². The maximum absolute atomic E-state index is 12.4. The number of nitro benzene ring substituents is 1. The number of nitro groups is 1. The number of aliphatic carboxylic acids is 1. The van der Waals surface area contributed by atoms with Gasteiger partial charge in [0.1, 0.15) is 5.02 Å². The van der Waals surface area contributed by atoms with Gasteiger partial charge in [-0.25, -0.2) is 13.2 Å². The Morgan fingerprint density at radius 2 is 1.82 bits per heavy atom. The number of halogens is 1. The van der Waals surface area contributed by atoms with Crippen LogP contribution in [-0.2, 0) is 14.8 Å². The second kappa shape index (κ2) is 8.06. The molecular formula is C16H11ClN2O8S. The van der Waals surface area contributed by atoms with E-state index in [0.29, 0.717) is 6.08 Å². The Morgan fingerprint density at radius 3 is 2.43 bits per heavy atom. The number of nitrogens with one attached hydrogen (secondary N) is 1. The van der Waals surface area contributed by atoms with Gasteiger partial charge in [0.05, 0.1) is 9.82 Å². The van der Waals surface area contributed by atoms with E-state index in [2.05, 4.69) is 4.72 Å². The Balaban J connectivity index is 2.34. The van der Waals surface area contributed by atoms with E-state index in [1.807, 2.05) is 0 Å². The van der Waals surface area contributed by atoms with Crippen molar-refractivity contribution in [3.8, 4) is 0 Å². The van der Waals surface area contributed by atoms with Crippen molar-refractivity contribution in [2.24, 2.45) is 0 Å². The normalized spacial score (nSPS) is 11.7. The molecule has 2 aromatic rings. The number of allylic oxidation sites excluding steroid dienone is 1. The first-order valence-electron chi connectivity index (χ1n) is 7.26. The third-order valence-corrected chi connectivity index (χ3v) is 5.01. The summed E-state index contributed by atoms with van der Waals surface area (Å²) in [6.45, 7) is 0. The van der Waals surface area contributed by atoms with Crippen molar-refractivity contribution in [1.29, 1.82) is 0 Å². The number of anilines is 1. The molecule has 0 aliphatic heterocycles. The first-order valence-corrected chi connectivity index (χ1v) is 9.12. The number of hydrogen-bond donors (Lipinski definition) is 3. The van der Waals surface area contributed by atoms with E-state index in [9.17, 15) is 28.1 Å². The highest BCUT2D eigenvalue weighted by Crippen LogP contribution is 2.28. The fraction of sp³-hybridized carbons (Fsp3) is 0. The minimum atomic E-state index is -4.25. The van der Waals surface area contributed by atoms with Gasteiger partial charge in [0.25, 0.3) is 15.7 Å². The molecule has 0 radical (unpaired) electrons. The quantitative estimate of drug-likeness (QED) is 0.200. The summed E-state index contributed by atoms with van der Waals surface area (Å²) in [6.07, 6.45) is 0.471. The Labute approximate surface area is 162 Å². The number of carboxylic acid groups (broad SMARTS) is 1. The zero-order valence-electron chi connectivity index (χ0n) is 13.7. The van der Waals surface area contributed by atoms with Crippen LogP contribution in [0.15, 0.2) is 59.2 Å².